The van der Waals surface area contributed by atoms with Gasteiger partial charge in [0.05, 0.1) is 18.0 Å². The van der Waals surface area contributed by atoms with Gasteiger partial charge in [-0.25, -0.2) is 9.78 Å². The number of hydrogen-bond donors (Lipinski definition) is 1. The van der Waals surface area contributed by atoms with Gasteiger partial charge in [-0.1, -0.05) is 18.2 Å². The molecule has 0 unspecified atom stereocenters. The molecule has 3 aromatic rings. The van der Waals surface area contributed by atoms with Crippen LogP contribution in [0.4, 0.5) is 16.3 Å². The number of aromatic nitrogens is 2. The molecule has 172 valence electrons. The summed E-state index contributed by atoms with van der Waals surface area (Å²) < 4.78 is 0. The van der Waals surface area contributed by atoms with Gasteiger partial charge in [-0.2, -0.15) is 4.89 Å². The van der Waals surface area contributed by atoms with Crippen LogP contribution in [-0.2, 0) is 9.78 Å². The van der Waals surface area contributed by atoms with E-state index in [1.54, 1.807) is 11.8 Å². The number of hydrogen-bond acceptors (Lipinski definition) is 7. The van der Waals surface area contributed by atoms with Crippen LogP contribution in [0.5, 0.6) is 0 Å². The number of benzene rings is 1. The van der Waals surface area contributed by atoms with E-state index in [1.807, 2.05) is 25.4 Å². The van der Waals surface area contributed by atoms with Crippen molar-refractivity contribution >= 4 is 28.4 Å². The molecule has 0 bridgehead atoms. The molecule has 1 aliphatic carbocycles. The van der Waals surface area contributed by atoms with Crippen LogP contribution in [0.1, 0.15) is 38.3 Å². The Hall–Kier alpha value is -3.39. The molecular weight excluding hydrogens is 418 g/mol. The van der Waals surface area contributed by atoms with Crippen molar-refractivity contribution in [1.29, 1.82) is 0 Å². The van der Waals surface area contributed by atoms with Gasteiger partial charge >= 0.3 is 6.09 Å². The van der Waals surface area contributed by atoms with Crippen molar-refractivity contribution in [3.63, 3.8) is 0 Å². The number of rotatable bonds is 5. The van der Waals surface area contributed by atoms with Gasteiger partial charge < -0.3 is 10.6 Å². The van der Waals surface area contributed by atoms with Crippen molar-refractivity contribution < 1.29 is 14.6 Å². The highest BCUT2D eigenvalue weighted by Gasteiger charge is 2.33. The molecule has 8 heteroatoms. The first-order chi connectivity index (χ1) is 16.1. The minimum Gasteiger partial charge on any atom is -0.396 e. The first-order valence-electron chi connectivity index (χ1n) is 11.5. The summed E-state index contributed by atoms with van der Waals surface area (Å²) in [6, 6.07) is 10.3. The first kappa shape index (κ1) is 21.5. The second-order valence-electron chi connectivity index (χ2n) is 8.75. The van der Waals surface area contributed by atoms with Crippen LogP contribution in [0.3, 0.4) is 0 Å². The van der Waals surface area contributed by atoms with Crippen molar-refractivity contribution in [3.8, 4) is 11.1 Å². The van der Waals surface area contributed by atoms with Crippen molar-refractivity contribution in [2.75, 3.05) is 36.9 Å². The highest BCUT2D eigenvalue weighted by atomic mass is 17.2. The minimum atomic E-state index is -0.454. The average molecular weight is 448 g/mol. The number of nitrogen functional groups attached to an aromatic ring is 1. The van der Waals surface area contributed by atoms with Gasteiger partial charge in [-0.05, 0) is 49.8 Å². The predicted molar refractivity (Wildman–Crippen MR) is 128 cm³/mol. The second kappa shape index (κ2) is 8.86. The van der Waals surface area contributed by atoms with Gasteiger partial charge in [0.15, 0.2) is 5.82 Å². The molecule has 33 heavy (non-hydrogen) atoms. The molecule has 8 nitrogen and oxygen atoms in total. The third-order valence-corrected chi connectivity index (χ3v) is 6.40. The Morgan fingerprint density at radius 3 is 2.82 bits per heavy atom. The number of carbonyl (C=O) groups excluding carboxylic acids is 1. The number of nitrogens with zero attached hydrogens (tertiary/aromatic N) is 4. The lowest BCUT2D eigenvalue weighted by Gasteiger charge is -2.39. The maximum absolute atomic E-state index is 12.3. The van der Waals surface area contributed by atoms with Crippen LogP contribution in [-0.4, -0.2) is 53.2 Å². The molecule has 2 N–H and O–H groups in total. The molecule has 1 aromatic carbocycles. The van der Waals surface area contributed by atoms with Crippen LogP contribution < -0.4 is 10.6 Å². The summed E-state index contributed by atoms with van der Waals surface area (Å²) in [6.45, 7) is 5.87. The van der Waals surface area contributed by atoms with E-state index in [4.69, 9.17) is 20.5 Å². The summed E-state index contributed by atoms with van der Waals surface area (Å²) in [6.07, 6.45) is 5.54. The van der Waals surface area contributed by atoms with E-state index < -0.39 is 6.09 Å². The molecule has 3 heterocycles. The highest BCUT2D eigenvalue weighted by molar-refractivity contribution is 5.97. The Kier molecular flexibility index (Phi) is 5.76. The van der Waals surface area contributed by atoms with E-state index in [0.717, 1.165) is 46.3 Å². The Morgan fingerprint density at radius 2 is 2.06 bits per heavy atom. The lowest BCUT2D eigenvalue weighted by atomic mass is 9.96. The molecule has 0 radical (unpaired) electrons. The van der Waals surface area contributed by atoms with Crippen molar-refractivity contribution in [1.82, 2.24) is 14.9 Å². The highest BCUT2D eigenvalue weighted by Crippen LogP contribution is 2.46. The third kappa shape index (κ3) is 4.18. The molecule has 5 rings (SSSR count). The van der Waals surface area contributed by atoms with E-state index in [0.29, 0.717) is 37.8 Å². The van der Waals surface area contributed by atoms with Gasteiger partial charge in [0.2, 0.25) is 0 Å². The molecule has 1 saturated heterocycles. The van der Waals surface area contributed by atoms with Crippen molar-refractivity contribution in [2.24, 2.45) is 0 Å². The molecular formula is C25H29N5O3. The zero-order chi connectivity index (χ0) is 22.9. The summed E-state index contributed by atoms with van der Waals surface area (Å²) >= 11 is 0. The van der Waals surface area contributed by atoms with Crippen LogP contribution in [0.25, 0.3) is 21.9 Å². The number of pyridine rings is 2. The molecule has 1 aliphatic heterocycles. The number of fused-ring (bicyclic) bond motifs is 1. The second-order valence-corrected chi connectivity index (χ2v) is 8.75. The predicted octanol–water partition coefficient (Wildman–Crippen LogP) is 4.36. The fraction of sp³-hybridized carbons (Fsp3) is 0.400. The summed E-state index contributed by atoms with van der Waals surface area (Å²) in [4.78, 5) is 35.2. The van der Waals surface area contributed by atoms with Gasteiger partial charge in [-0.3, -0.25) is 14.8 Å². The smallest absolute Gasteiger partial charge is 0.396 e. The fourth-order valence-corrected chi connectivity index (χ4v) is 4.61. The Bertz CT molecular complexity index is 1170. The number of amides is 1. The monoisotopic (exact) mass is 447 g/mol. The molecule has 1 amide bonds. The third-order valence-electron chi connectivity index (χ3n) is 6.40. The Balaban J connectivity index is 1.46. The van der Waals surface area contributed by atoms with Gasteiger partial charge in [0.1, 0.15) is 0 Å². The van der Waals surface area contributed by atoms with E-state index in [1.165, 1.54) is 0 Å². The number of anilines is 2. The normalized spacial score (nSPS) is 18.5. The summed E-state index contributed by atoms with van der Waals surface area (Å²) in [5.74, 6) is 1.25. The number of nitrogens with two attached hydrogens (primary N) is 1. The van der Waals surface area contributed by atoms with Gasteiger partial charge in [0, 0.05) is 54.9 Å². The Labute approximate surface area is 193 Å². The summed E-state index contributed by atoms with van der Waals surface area (Å²) in [7, 11) is 0. The van der Waals surface area contributed by atoms with E-state index in [-0.39, 0.29) is 6.04 Å². The van der Waals surface area contributed by atoms with Crippen molar-refractivity contribution in [2.45, 2.75) is 38.6 Å². The van der Waals surface area contributed by atoms with Gasteiger partial charge in [-0.15, -0.1) is 0 Å². The van der Waals surface area contributed by atoms with Crippen molar-refractivity contribution in [3.05, 3.63) is 48.4 Å². The lowest BCUT2D eigenvalue weighted by Crippen LogP contribution is -2.54. The largest absolute Gasteiger partial charge is 0.441 e. The summed E-state index contributed by atoms with van der Waals surface area (Å²) in [5.41, 5.74) is 10.6. The molecule has 1 atom stereocenters. The maximum Gasteiger partial charge on any atom is 0.441 e. The zero-order valence-corrected chi connectivity index (χ0v) is 19.0. The molecule has 2 aliphatic rings. The van der Waals surface area contributed by atoms with E-state index in [9.17, 15) is 4.79 Å². The number of carbonyl (C=O) groups is 1. The SMILES string of the molecule is CCOOC(=O)N1CCN(c2nc(C3CC3)c(-c3cccc4cnccc34)cc2N)C[C@H]1C. The van der Waals surface area contributed by atoms with Crippen LogP contribution in [0, 0.1) is 0 Å². The standard InChI is InChI=1S/C25H29N5O3/c1-3-32-33-25(31)30-12-11-29(15-16(30)2)24-22(26)13-21(23(28-24)17-7-8-17)20-6-4-5-18-14-27-10-9-19(18)20/h4-6,9-10,13-14,16-17H,3,7-8,11-12,15,26H2,1-2H3/t16-/m1/s1. The number of piperazine rings is 1. The zero-order valence-electron chi connectivity index (χ0n) is 19.0. The summed E-state index contributed by atoms with van der Waals surface area (Å²) in [5, 5.41) is 2.25. The molecule has 0 spiro atoms. The molecule has 1 saturated carbocycles. The van der Waals surface area contributed by atoms with E-state index in [2.05, 4.69) is 34.1 Å². The lowest BCUT2D eigenvalue weighted by molar-refractivity contribution is -0.243. The first-order valence-corrected chi connectivity index (χ1v) is 11.5. The quantitative estimate of drug-likeness (QED) is 0.459. The molecule has 2 aromatic heterocycles. The van der Waals surface area contributed by atoms with Gasteiger partial charge in [0.25, 0.3) is 0 Å². The minimum absolute atomic E-state index is 0.0532. The van der Waals surface area contributed by atoms with Crippen LogP contribution in [0.2, 0.25) is 0 Å². The topological polar surface area (TPSA) is 93.8 Å². The fourth-order valence-electron chi connectivity index (χ4n) is 4.61. The van der Waals surface area contributed by atoms with Crippen LogP contribution >= 0.6 is 0 Å². The molecule has 2 fully saturated rings. The Morgan fingerprint density at radius 1 is 1.21 bits per heavy atom. The average Bonchev–Trinajstić information content (AvgIpc) is 3.67. The maximum atomic E-state index is 12.3. The van der Waals surface area contributed by atoms with E-state index >= 15 is 0 Å². The van der Waals surface area contributed by atoms with Crippen LogP contribution in [0.15, 0.2) is 42.7 Å².